The van der Waals surface area contributed by atoms with E-state index < -0.39 is 0 Å². The second-order valence-corrected chi connectivity index (χ2v) is 10.1. The smallest absolute Gasteiger partial charge is 0.234 e. The molecular formula is C19H22N6O3S3. The van der Waals surface area contributed by atoms with Gasteiger partial charge in [-0.1, -0.05) is 23.5 Å². The van der Waals surface area contributed by atoms with Gasteiger partial charge in [0, 0.05) is 25.9 Å². The van der Waals surface area contributed by atoms with Gasteiger partial charge in [-0.05, 0) is 31.0 Å². The van der Waals surface area contributed by atoms with Gasteiger partial charge in [-0.2, -0.15) is 0 Å². The Balaban J connectivity index is 1.26. The monoisotopic (exact) mass is 478 g/mol. The molecule has 164 valence electrons. The predicted molar refractivity (Wildman–Crippen MR) is 123 cm³/mol. The summed E-state index contributed by atoms with van der Waals surface area (Å²) in [4.78, 5) is 28.9. The average Bonchev–Trinajstić information content (AvgIpc) is 3.50. The van der Waals surface area contributed by atoms with E-state index in [0.717, 1.165) is 34.0 Å². The van der Waals surface area contributed by atoms with E-state index in [9.17, 15) is 9.59 Å². The van der Waals surface area contributed by atoms with E-state index in [4.69, 9.17) is 4.74 Å². The highest BCUT2D eigenvalue weighted by Gasteiger charge is 2.16. The van der Waals surface area contributed by atoms with E-state index in [-0.39, 0.29) is 23.7 Å². The Morgan fingerprint density at radius 2 is 2.16 bits per heavy atom. The molecule has 0 radical (unpaired) electrons. The van der Waals surface area contributed by atoms with Crippen molar-refractivity contribution in [2.75, 3.05) is 30.0 Å². The van der Waals surface area contributed by atoms with E-state index in [1.807, 2.05) is 25.2 Å². The SMILES string of the molecule is Cn1cnnc1SCC(=O)Nc1ccc2nc(SCC(=O)NCC3CCCO3)sc2c1. The zero-order chi connectivity index (χ0) is 21.6. The molecule has 0 bridgehead atoms. The fraction of sp³-hybridized carbons (Fsp3) is 0.421. The van der Waals surface area contributed by atoms with Crippen molar-refractivity contribution in [1.29, 1.82) is 0 Å². The van der Waals surface area contributed by atoms with Gasteiger partial charge in [0.2, 0.25) is 11.8 Å². The first-order valence-electron chi connectivity index (χ1n) is 9.75. The van der Waals surface area contributed by atoms with Crippen molar-refractivity contribution >= 4 is 62.6 Å². The largest absolute Gasteiger partial charge is 0.376 e. The molecule has 1 aliphatic heterocycles. The maximum atomic E-state index is 12.2. The zero-order valence-electron chi connectivity index (χ0n) is 16.9. The topological polar surface area (TPSA) is 111 Å². The molecule has 3 heterocycles. The lowest BCUT2D eigenvalue weighted by Crippen LogP contribution is -2.32. The molecular weight excluding hydrogens is 456 g/mol. The molecule has 4 rings (SSSR count). The second kappa shape index (κ2) is 10.4. The van der Waals surface area contributed by atoms with Crippen molar-refractivity contribution in [2.24, 2.45) is 7.05 Å². The molecule has 12 heteroatoms. The molecule has 0 saturated carbocycles. The van der Waals surface area contributed by atoms with Gasteiger partial charge in [0.1, 0.15) is 6.33 Å². The highest BCUT2D eigenvalue weighted by atomic mass is 32.2. The number of nitrogens with zero attached hydrogens (tertiary/aromatic N) is 4. The summed E-state index contributed by atoms with van der Waals surface area (Å²) in [5, 5.41) is 14.3. The Morgan fingerprint density at radius 1 is 1.29 bits per heavy atom. The summed E-state index contributed by atoms with van der Waals surface area (Å²) < 4.78 is 9.06. The van der Waals surface area contributed by atoms with Crippen molar-refractivity contribution in [3.05, 3.63) is 24.5 Å². The van der Waals surface area contributed by atoms with Crippen LogP contribution in [-0.4, -0.2) is 62.3 Å². The van der Waals surface area contributed by atoms with Crippen LogP contribution in [0.3, 0.4) is 0 Å². The van der Waals surface area contributed by atoms with Crippen LogP contribution in [0.1, 0.15) is 12.8 Å². The number of benzene rings is 1. The molecule has 2 N–H and O–H groups in total. The molecule has 2 aromatic heterocycles. The Kier molecular flexibility index (Phi) is 7.43. The van der Waals surface area contributed by atoms with Crippen LogP contribution in [0.15, 0.2) is 34.0 Å². The van der Waals surface area contributed by atoms with Crippen LogP contribution in [0.5, 0.6) is 0 Å². The Hall–Kier alpha value is -2.15. The van der Waals surface area contributed by atoms with Crippen molar-refractivity contribution in [3.63, 3.8) is 0 Å². The van der Waals surface area contributed by atoms with Gasteiger partial charge in [0.25, 0.3) is 0 Å². The normalized spacial score (nSPS) is 16.0. The summed E-state index contributed by atoms with van der Waals surface area (Å²) in [5.41, 5.74) is 1.56. The quantitative estimate of drug-likeness (QED) is 0.452. The number of rotatable bonds is 9. The maximum absolute atomic E-state index is 12.2. The van der Waals surface area contributed by atoms with E-state index in [2.05, 4.69) is 25.8 Å². The van der Waals surface area contributed by atoms with E-state index >= 15 is 0 Å². The molecule has 2 amide bonds. The number of fused-ring (bicyclic) bond motifs is 1. The van der Waals surface area contributed by atoms with E-state index in [1.54, 1.807) is 10.9 Å². The number of aromatic nitrogens is 4. The molecule has 1 saturated heterocycles. The van der Waals surface area contributed by atoms with Gasteiger partial charge in [-0.3, -0.25) is 9.59 Å². The van der Waals surface area contributed by atoms with Gasteiger partial charge in [-0.25, -0.2) is 4.98 Å². The predicted octanol–water partition coefficient (Wildman–Crippen LogP) is 2.54. The summed E-state index contributed by atoms with van der Waals surface area (Å²) in [7, 11) is 1.83. The van der Waals surface area contributed by atoms with Gasteiger partial charge in [0.05, 0.1) is 27.8 Å². The molecule has 0 spiro atoms. The van der Waals surface area contributed by atoms with Crippen molar-refractivity contribution in [3.8, 4) is 0 Å². The lowest BCUT2D eigenvalue weighted by molar-refractivity contribution is -0.119. The molecule has 1 unspecified atom stereocenters. The number of thiazole rings is 1. The summed E-state index contributed by atoms with van der Waals surface area (Å²) in [6.07, 6.45) is 3.80. The standard InChI is InChI=1S/C19H22N6O3S3/c1-25-11-21-24-18(25)29-10-17(27)22-12-4-5-14-15(7-12)31-19(23-14)30-9-16(26)20-8-13-3-2-6-28-13/h4-5,7,11,13H,2-3,6,8-10H2,1H3,(H,20,26)(H,22,27). The fourth-order valence-corrected chi connectivity index (χ4v) is 5.61. The van der Waals surface area contributed by atoms with Crippen molar-refractivity contribution < 1.29 is 14.3 Å². The second-order valence-electron chi connectivity index (χ2n) is 6.95. The number of amides is 2. The third-order valence-electron chi connectivity index (χ3n) is 4.53. The van der Waals surface area contributed by atoms with Gasteiger partial charge < -0.3 is 19.9 Å². The Bertz CT molecular complexity index is 1060. The van der Waals surface area contributed by atoms with Gasteiger partial charge in [-0.15, -0.1) is 21.5 Å². The van der Waals surface area contributed by atoms with Crippen LogP contribution in [-0.2, 0) is 21.4 Å². The molecule has 3 aromatic rings. The molecule has 0 aliphatic carbocycles. The van der Waals surface area contributed by atoms with Gasteiger partial charge >= 0.3 is 0 Å². The summed E-state index contributed by atoms with van der Waals surface area (Å²) in [6, 6.07) is 5.61. The number of carbonyl (C=O) groups excluding carboxylic acids is 2. The first kappa shape index (κ1) is 22.1. The molecule has 9 nitrogen and oxygen atoms in total. The first-order chi connectivity index (χ1) is 15.1. The number of anilines is 1. The minimum atomic E-state index is -0.116. The number of carbonyl (C=O) groups is 2. The lowest BCUT2D eigenvalue weighted by Gasteiger charge is -2.09. The third kappa shape index (κ3) is 6.19. The number of aryl methyl sites for hydroxylation is 1. The molecule has 1 fully saturated rings. The van der Waals surface area contributed by atoms with Gasteiger partial charge in [0.15, 0.2) is 9.50 Å². The van der Waals surface area contributed by atoms with Crippen LogP contribution < -0.4 is 10.6 Å². The van der Waals surface area contributed by atoms with Crippen molar-refractivity contribution in [1.82, 2.24) is 25.1 Å². The number of hydrogen-bond donors (Lipinski definition) is 2. The molecule has 1 aliphatic rings. The highest BCUT2D eigenvalue weighted by Crippen LogP contribution is 2.31. The zero-order valence-corrected chi connectivity index (χ0v) is 19.3. The fourth-order valence-electron chi connectivity index (χ4n) is 2.98. The average molecular weight is 479 g/mol. The number of hydrogen-bond acceptors (Lipinski definition) is 9. The summed E-state index contributed by atoms with van der Waals surface area (Å²) >= 11 is 4.25. The minimum absolute atomic E-state index is 0.0203. The van der Waals surface area contributed by atoms with Crippen LogP contribution in [0.25, 0.3) is 10.2 Å². The Morgan fingerprint density at radius 3 is 2.94 bits per heavy atom. The highest BCUT2D eigenvalue weighted by molar-refractivity contribution is 8.01. The van der Waals surface area contributed by atoms with E-state index in [0.29, 0.717) is 23.1 Å². The summed E-state index contributed by atoms with van der Waals surface area (Å²) in [5.74, 6) is 0.424. The maximum Gasteiger partial charge on any atom is 0.234 e. The third-order valence-corrected chi connectivity index (χ3v) is 7.73. The molecule has 1 aromatic carbocycles. The minimum Gasteiger partial charge on any atom is -0.376 e. The van der Waals surface area contributed by atoms with Crippen LogP contribution >= 0.6 is 34.9 Å². The number of thioether (sulfide) groups is 2. The van der Waals surface area contributed by atoms with E-state index in [1.165, 1.54) is 34.9 Å². The molecule has 31 heavy (non-hydrogen) atoms. The molecule has 1 atom stereocenters. The first-order valence-corrected chi connectivity index (χ1v) is 12.5. The number of ether oxygens (including phenoxy) is 1. The number of nitrogens with one attached hydrogen (secondary N) is 2. The van der Waals surface area contributed by atoms with Crippen molar-refractivity contribution in [2.45, 2.75) is 28.4 Å². The Labute approximate surface area is 191 Å². The lowest BCUT2D eigenvalue weighted by atomic mass is 10.2. The van der Waals surface area contributed by atoms with Crippen LogP contribution in [0.2, 0.25) is 0 Å². The van der Waals surface area contributed by atoms with Crippen LogP contribution in [0.4, 0.5) is 5.69 Å². The summed E-state index contributed by atoms with van der Waals surface area (Å²) in [6.45, 7) is 1.35. The van der Waals surface area contributed by atoms with Crippen LogP contribution in [0, 0.1) is 0 Å².